The number of nitrogens with one attached hydrogen (secondary N) is 2. The minimum absolute atomic E-state index is 0.108. The molecule has 2 heterocycles. The van der Waals surface area contributed by atoms with Gasteiger partial charge in [0.1, 0.15) is 6.26 Å². The first-order valence-electron chi connectivity index (χ1n) is 7.88. The Labute approximate surface area is 154 Å². The fourth-order valence-electron chi connectivity index (χ4n) is 2.30. The van der Waals surface area contributed by atoms with Crippen LogP contribution < -0.4 is 15.5 Å². The molecule has 0 bridgehead atoms. The average molecular weight is 370 g/mol. The molecule has 2 amide bonds. The smallest absolute Gasteiger partial charge is 0.313 e. The summed E-state index contributed by atoms with van der Waals surface area (Å²) in [5.74, 6) is -0.978. The zero-order valence-electron chi connectivity index (χ0n) is 14.4. The second-order valence-corrected chi connectivity index (χ2v) is 6.62. The van der Waals surface area contributed by atoms with Gasteiger partial charge in [-0.1, -0.05) is 18.2 Å². The Morgan fingerprint density at radius 3 is 2.69 bits per heavy atom. The zero-order chi connectivity index (χ0) is 18.5. The van der Waals surface area contributed by atoms with Crippen LogP contribution in [0.15, 0.2) is 52.5 Å². The van der Waals surface area contributed by atoms with Gasteiger partial charge in [0, 0.05) is 14.1 Å². The largest absolute Gasteiger partial charge is 0.443 e. The van der Waals surface area contributed by atoms with Crippen LogP contribution in [0.25, 0.3) is 10.8 Å². The van der Waals surface area contributed by atoms with Crippen molar-refractivity contribution in [2.24, 2.45) is 0 Å². The maximum Gasteiger partial charge on any atom is 0.313 e. The summed E-state index contributed by atoms with van der Waals surface area (Å²) >= 11 is 1.51. The summed E-state index contributed by atoms with van der Waals surface area (Å²) in [6.07, 6.45) is 1.47. The lowest BCUT2D eigenvalue weighted by Crippen LogP contribution is -2.35. The van der Waals surface area contributed by atoms with Crippen LogP contribution in [0.2, 0.25) is 0 Å². The van der Waals surface area contributed by atoms with Crippen molar-refractivity contribution in [3.05, 3.63) is 53.7 Å². The summed E-state index contributed by atoms with van der Waals surface area (Å²) in [6, 6.07) is 11.1. The number of nitrogens with zero attached hydrogens (tertiary/aromatic N) is 2. The minimum Gasteiger partial charge on any atom is -0.443 e. The van der Waals surface area contributed by atoms with E-state index in [1.807, 2.05) is 48.6 Å². The highest BCUT2D eigenvalue weighted by Crippen LogP contribution is 2.24. The summed E-state index contributed by atoms with van der Waals surface area (Å²) in [6.45, 7) is 0.108. The van der Waals surface area contributed by atoms with Gasteiger partial charge in [-0.25, -0.2) is 4.98 Å². The maximum atomic E-state index is 12.1. The van der Waals surface area contributed by atoms with E-state index in [0.29, 0.717) is 17.3 Å². The fraction of sp³-hybridized carbons (Fsp3) is 0.167. The van der Waals surface area contributed by atoms with E-state index in [2.05, 4.69) is 15.6 Å². The van der Waals surface area contributed by atoms with Crippen LogP contribution >= 0.6 is 11.3 Å². The number of anilines is 2. The fourth-order valence-corrected chi connectivity index (χ4v) is 2.96. The number of hydrogen-bond acceptors (Lipinski definition) is 6. The Morgan fingerprint density at radius 2 is 1.96 bits per heavy atom. The molecule has 0 radical (unpaired) electrons. The van der Waals surface area contributed by atoms with Crippen molar-refractivity contribution in [3.8, 4) is 10.8 Å². The molecule has 8 heteroatoms. The molecule has 0 aliphatic heterocycles. The predicted molar refractivity (Wildman–Crippen MR) is 101 cm³/mol. The molecule has 26 heavy (non-hydrogen) atoms. The molecule has 1 aromatic carbocycles. The van der Waals surface area contributed by atoms with Gasteiger partial charge in [-0.3, -0.25) is 9.59 Å². The molecule has 0 saturated carbocycles. The number of amides is 2. The standard InChI is InChI=1S/C18H18N4O3S/c1-22(2)14-7-4-3-6-13(14)21-17(24)16(23)19-10-12-11-25-18(20-12)15-8-5-9-26-15/h3-9,11H,10H2,1-2H3,(H,19,23)(H,21,24). The number of hydrogen-bond donors (Lipinski definition) is 2. The number of aromatic nitrogens is 1. The van der Waals surface area contributed by atoms with E-state index >= 15 is 0 Å². The first kappa shape index (κ1) is 17.7. The molecule has 0 fully saturated rings. The Morgan fingerprint density at radius 1 is 1.15 bits per heavy atom. The van der Waals surface area contributed by atoms with Crippen LogP contribution in [0.1, 0.15) is 5.69 Å². The average Bonchev–Trinajstić information content (AvgIpc) is 3.31. The van der Waals surface area contributed by atoms with E-state index in [0.717, 1.165) is 10.6 Å². The third-order valence-corrected chi connectivity index (χ3v) is 4.41. The molecule has 0 atom stereocenters. The Bertz CT molecular complexity index is 903. The molecule has 0 spiro atoms. The third kappa shape index (κ3) is 4.09. The summed E-state index contributed by atoms with van der Waals surface area (Å²) in [7, 11) is 3.72. The van der Waals surface area contributed by atoms with Crippen LogP contribution in [0, 0.1) is 0 Å². The van der Waals surface area contributed by atoms with Crippen LogP contribution in [0.5, 0.6) is 0 Å². The van der Waals surface area contributed by atoms with E-state index in [1.165, 1.54) is 17.6 Å². The van der Waals surface area contributed by atoms with Gasteiger partial charge >= 0.3 is 11.8 Å². The van der Waals surface area contributed by atoms with Gasteiger partial charge < -0.3 is 20.0 Å². The Kier molecular flexibility index (Phi) is 5.33. The molecule has 0 unspecified atom stereocenters. The van der Waals surface area contributed by atoms with Crippen molar-refractivity contribution >= 4 is 34.5 Å². The van der Waals surface area contributed by atoms with Gasteiger partial charge in [0.2, 0.25) is 5.89 Å². The molecular formula is C18H18N4O3S. The van der Waals surface area contributed by atoms with Gasteiger partial charge in [0.15, 0.2) is 0 Å². The normalized spacial score (nSPS) is 10.4. The van der Waals surface area contributed by atoms with Crippen LogP contribution in [-0.4, -0.2) is 30.9 Å². The van der Waals surface area contributed by atoms with Crippen molar-refractivity contribution in [2.45, 2.75) is 6.54 Å². The van der Waals surface area contributed by atoms with E-state index in [-0.39, 0.29) is 6.54 Å². The molecule has 3 rings (SSSR count). The molecule has 0 aliphatic rings. The highest BCUT2D eigenvalue weighted by molar-refractivity contribution is 7.13. The first-order chi connectivity index (χ1) is 12.5. The predicted octanol–water partition coefficient (Wildman–Crippen LogP) is 2.72. The number of benzene rings is 1. The number of rotatable bonds is 5. The summed E-state index contributed by atoms with van der Waals surface area (Å²) in [5.41, 5.74) is 1.92. The molecular weight excluding hydrogens is 352 g/mol. The molecule has 2 N–H and O–H groups in total. The molecule has 0 saturated heterocycles. The lowest BCUT2D eigenvalue weighted by Gasteiger charge is -2.17. The zero-order valence-corrected chi connectivity index (χ0v) is 15.2. The monoisotopic (exact) mass is 370 g/mol. The van der Waals surface area contributed by atoms with E-state index in [4.69, 9.17) is 4.42 Å². The topological polar surface area (TPSA) is 87.5 Å². The molecule has 3 aromatic rings. The highest BCUT2D eigenvalue weighted by atomic mass is 32.1. The Balaban J connectivity index is 1.58. The van der Waals surface area contributed by atoms with E-state index in [9.17, 15) is 9.59 Å². The van der Waals surface area contributed by atoms with Gasteiger partial charge in [-0.05, 0) is 23.6 Å². The van der Waals surface area contributed by atoms with Crippen molar-refractivity contribution < 1.29 is 14.0 Å². The van der Waals surface area contributed by atoms with Crippen molar-refractivity contribution in [1.29, 1.82) is 0 Å². The molecule has 7 nitrogen and oxygen atoms in total. The lowest BCUT2D eigenvalue weighted by molar-refractivity contribution is -0.136. The Hall–Kier alpha value is -3.13. The lowest BCUT2D eigenvalue weighted by atomic mass is 10.2. The van der Waals surface area contributed by atoms with Crippen molar-refractivity contribution in [1.82, 2.24) is 10.3 Å². The quantitative estimate of drug-likeness (QED) is 0.674. The maximum absolute atomic E-state index is 12.1. The number of carbonyl (C=O) groups is 2. The van der Waals surface area contributed by atoms with Crippen molar-refractivity contribution in [2.75, 3.05) is 24.3 Å². The van der Waals surface area contributed by atoms with Crippen LogP contribution in [0.4, 0.5) is 11.4 Å². The second kappa shape index (κ2) is 7.83. The SMILES string of the molecule is CN(C)c1ccccc1NC(=O)C(=O)NCc1coc(-c2cccs2)n1. The molecule has 134 valence electrons. The summed E-state index contributed by atoms with van der Waals surface area (Å²) in [4.78, 5) is 31.2. The second-order valence-electron chi connectivity index (χ2n) is 5.67. The molecule has 2 aromatic heterocycles. The van der Waals surface area contributed by atoms with Gasteiger partial charge in [0.25, 0.3) is 0 Å². The van der Waals surface area contributed by atoms with Gasteiger partial charge in [-0.2, -0.15) is 0 Å². The number of oxazole rings is 1. The van der Waals surface area contributed by atoms with Crippen LogP contribution in [0.3, 0.4) is 0 Å². The number of para-hydroxylation sites is 2. The number of thiophene rings is 1. The van der Waals surface area contributed by atoms with E-state index < -0.39 is 11.8 Å². The van der Waals surface area contributed by atoms with Gasteiger partial charge in [-0.15, -0.1) is 11.3 Å². The van der Waals surface area contributed by atoms with E-state index in [1.54, 1.807) is 12.1 Å². The van der Waals surface area contributed by atoms with Crippen LogP contribution in [-0.2, 0) is 16.1 Å². The summed E-state index contributed by atoms with van der Waals surface area (Å²) in [5, 5.41) is 7.09. The van der Waals surface area contributed by atoms with Crippen molar-refractivity contribution in [3.63, 3.8) is 0 Å². The third-order valence-electron chi connectivity index (χ3n) is 3.55. The molecule has 0 aliphatic carbocycles. The highest BCUT2D eigenvalue weighted by Gasteiger charge is 2.16. The van der Waals surface area contributed by atoms with Gasteiger partial charge in [0.05, 0.1) is 28.5 Å². The minimum atomic E-state index is -0.737. The first-order valence-corrected chi connectivity index (χ1v) is 8.76. The number of carbonyl (C=O) groups excluding carboxylic acids is 2. The summed E-state index contributed by atoms with van der Waals surface area (Å²) < 4.78 is 5.38.